The molecule has 20 heavy (non-hydrogen) atoms. The van der Waals surface area contributed by atoms with Crippen LogP contribution in [0.5, 0.6) is 11.5 Å². The lowest BCUT2D eigenvalue weighted by Crippen LogP contribution is -2.57. The molecule has 4 heteroatoms. The third-order valence-electron chi connectivity index (χ3n) is 4.70. The Labute approximate surface area is 127 Å². The van der Waals surface area contributed by atoms with Crippen LogP contribution in [0, 0.1) is 5.41 Å². The van der Waals surface area contributed by atoms with E-state index in [1.54, 1.807) is 7.11 Å². The molecule has 0 aromatic heterocycles. The summed E-state index contributed by atoms with van der Waals surface area (Å²) in [6, 6.07) is 5.73. The number of carbonyl (C=O) groups excluding carboxylic acids is 1. The second kappa shape index (κ2) is 5.40. The Bertz CT molecular complexity index is 520. The van der Waals surface area contributed by atoms with Gasteiger partial charge in [0, 0.05) is 6.42 Å². The number of benzene rings is 1. The minimum Gasteiger partial charge on any atom is -0.493 e. The summed E-state index contributed by atoms with van der Waals surface area (Å²) < 4.78 is 12.4. The van der Waals surface area contributed by atoms with Crippen LogP contribution in [0.1, 0.15) is 38.5 Å². The molecule has 1 spiro atoms. The van der Waals surface area contributed by atoms with Gasteiger partial charge in [-0.2, -0.15) is 0 Å². The highest BCUT2D eigenvalue weighted by Gasteiger charge is 2.56. The monoisotopic (exact) mass is 338 g/mol. The standard InChI is InChI=1S/C16H19BrO3/c1-19-12-7-5-6-11(17)15(12)20-14-10-13(18)16(14)8-3-2-4-9-16/h5-7,14H,2-4,8-10H2,1H3. The van der Waals surface area contributed by atoms with Crippen LogP contribution in [0.15, 0.2) is 22.7 Å². The molecule has 108 valence electrons. The fourth-order valence-corrected chi connectivity index (χ4v) is 3.90. The van der Waals surface area contributed by atoms with Crippen molar-refractivity contribution >= 4 is 21.7 Å². The molecular formula is C16H19BrO3. The maximum absolute atomic E-state index is 12.1. The number of carbonyl (C=O) groups is 1. The number of para-hydroxylation sites is 1. The highest BCUT2D eigenvalue weighted by Crippen LogP contribution is 2.51. The van der Waals surface area contributed by atoms with Gasteiger partial charge in [-0.1, -0.05) is 25.3 Å². The lowest BCUT2D eigenvalue weighted by molar-refractivity contribution is -0.156. The largest absolute Gasteiger partial charge is 0.493 e. The van der Waals surface area contributed by atoms with Crippen molar-refractivity contribution in [3.8, 4) is 11.5 Å². The normalized spacial score (nSPS) is 24.3. The fraction of sp³-hybridized carbons (Fsp3) is 0.562. The smallest absolute Gasteiger partial charge is 0.175 e. The highest BCUT2D eigenvalue weighted by molar-refractivity contribution is 9.10. The average Bonchev–Trinajstić information content (AvgIpc) is 2.49. The molecule has 0 amide bonds. The van der Waals surface area contributed by atoms with Gasteiger partial charge in [-0.05, 0) is 40.9 Å². The Hall–Kier alpha value is -1.03. The molecule has 0 heterocycles. The number of rotatable bonds is 3. The Kier molecular flexibility index (Phi) is 3.76. The molecule has 3 rings (SSSR count). The number of hydrogen-bond donors (Lipinski definition) is 0. The van der Waals surface area contributed by atoms with Crippen LogP contribution in [0.25, 0.3) is 0 Å². The van der Waals surface area contributed by atoms with Crippen LogP contribution in [-0.4, -0.2) is 19.0 Å². The zero-order valence-corrected chi connectivity index (χ0v) is 13.2. The summed E-state index contributed by atoms with van der Waals surface area (Å²) in [4.78, 5) is 12.1. The summed E-state index contributed by atoms with van der Waals surface area (Å²) >= 11 is 3.51. The number of Topliss-reactive ketones (excluding diaryl/α,β-unsaturated/α-hetero) is 1. The van der Waals surface area contributed by atoms with E-state index in [-0.39, 0.29) is 11.5 Å². The molecule has 0 bridgehead atoms. The predicted molar refractivity (Wildman–Crippen MR) is 80.3 cm³/mol. The second-order valence-corrected chi connectivity index (χ2v) is 6.58. The van der Waals surface area contributed by atoms with Crippen molar-refractivity contribution in [2.24, 2.45) is 5.41 Å². The third-order valence-corrected chi connectivity index (χ3v) is 5.32. The SMILES string of the molecule is COc1cccc(Br)c1OC1CC(=O)C12CCCCC2. The van der Waals surface area contributed by atoms with E-state index in [1.165, 1.54) is 6.42 Å². The van der Waals surface area contributed by atoms with Crippen LogP contribution < -0.4 is 9.47 Å². The average molecular weight is 339 g/mol. The second-order valence-electron chi connectivity index (χ2n) is 5.72. The molecule has 1 aromatic rings. The summed E-state index contributed by atoms with van der Waals surface area (Å²) in [5, 5.41) is 0. The number of ketones is 1. The molecule has 1 unspecified atom stereocenters. The molecule has 2 aliphatic carbocycles. The summed E-state index contributed by atoms with van der Waals surface area (Å²) in [5.74, 6) is 1.82. The number of hydrogen-bond acceptors (Lipinski definition) is 3. The summed E-state index contributed by atoms with van der Waals surface area (Å²) in [7, 11) is 1.64. The van der Waals surface area contributed by atoms with Gasteiger partial charge in [0.25, 0.3) is 0 Å². The van der Waals surface area contributed by atoms with Crippen molar-refractivity contribution in [3.63, 3.8) is 0 Å². The van der Waals surface area contributed by atoms with Crippen molar-refractivity contribution < 1.29 is 14.3 Å². The number of halogens is 1. The maximum atomic E-state index is 12.1. The van der Waals surface area contributed by atoms with E-state index >= 15 is 0 Å². The van der Waals surface area contributed by atoms with Gasteiger partial charge in [-0.15, -0.1) is 0 Å². The Morgan fingerprint density at radius 3 is 2.65 bits per heavy atom. The molecule has 2 saturated carbocycles. The summed E-state index contributed by atoms with van der Waals surface area (Å²) in [5.41, 5.74) is -0.224. The lowest BCUT2D eigenvalue weighted by Gasteiger charge is -2.49. The van der Waals surface area contributed by atoms with Crippen LogP contribution in [0.4, 0.5) is 0 Å². The molecule has 2 aliphatic rings. The van der Waals surface area contributed by atoms with Gasteiger partial charge in [-0.3, -0.25) is 4.79 Å². The van der Waals surface area contributed by atoms with Gasteiger partial charge >= 0.3 is 0 Å². The van der Waals surface area contributed by atoms with Gasteiger partial charge < -0.3 is 9.47 Å². The van der Waals surface area contributed by atoms with Gasteiger partial charge in [0.1, 0.15) is 11.9 Å². The first kappa shape index (κ1) is 13.9. The van der Waals surface area contributed by atoms with E-state index in [9.17, 15) is 4.79 Å². The van der Waals surface area contributed by atoms with Crippen LogP contribution in [0.3, 0.4) is 0 Å². The van der Waals surface area contributed by atoms with Gasteiger partial charge in [0.2, 0.25) is 0 Å². The summed E-state index contributed by atoms with van der Waals surface area (Å²) in [6.45, 7) is 0. The van der Waals surface area contributed by atoms with Crippen LogP contribution >= 0.6 is 15.9 Å². The molecule has 1 atom stereocenters. The van der Waals surface area contributed by atoms with E-state index < -0.39 is 0 Å². The van der Waals surface area contributed by atoms with Crippen LogP contribution in [-0.2, 0) is 4.79 Å². The predicted octanol–water partition coefficient (Wildman–Crippen LogP) is 4.13. The van der Waals surface area contributed by atoms with E-state index in [2.05, 4.69) is 15.9 Å². The Balaban J connectivity index is 1.83. The van der Waals surface area contributed by atoms with Gasteiger partial charge in [0.15, 0.2) is 11.5 Å². The fourth-order valence-electron chi connectivity index (χ4n) is 3.46. The van der Waals surface area contributed by atoms with Gasteiger partial charge in [0.05, 0.1) is 17.0 Å². The van der Waals surface area contributed by atoms with Gasteiger partial charge in [-0.25, -0.2) is 0 Å². The van der Waals surface area contributed by atoms with Crippen LogP contribution in [0.2, 0.25) is 0 Å². The first-order valence-electron chi connectivity index (χ1n) is 7.20. The zero-order valence-electron chi connectivity index (χ0n) is 11.7. The maximum Gasteiger partial charge on any atom is 0.175 e. The quantitative estimate of drug-likeness (QED) is 0.831. The third kappa shape index (κ3) is 2.14. The molecule has 2 fully saturated rings. The zero-order chi connectivity index (χ0) is 14.2. The molecule has 1 aromatic carbocycles. The summed E-state index contributed by atoms with van der Waals surface area (Å²) in [6.07, 6.45) is 6.00. The highest BCUT2D eigenvalue weighted by atomic mass is 79.9. The van der Waals surface area contributed by atoms with E-state index in [0.29, 0.717) is 18.0 Å². The number of methoxy groups -OCH3 is 1. The molecule has 3 nitrogen and oxygen atoms in total. The topological polar surface area (TPSA) is 35.5 Å². The van der Waals surface area contributed by atoms with Crippen molar-refractivity contribution in [3.05, 3.63) is 22.7 Å². The molecule has 0 aliphatic heterocycles. The van der Waals surface area contributed by atoms with E-state index in [4.69, 9.17) is 9.47 Å². The van der Waals surface area contributed by atoms with Crippen molar-refractivity contribution in [2.45, 2.75) is 44.6 Å². The molecule has 0 N–H and O–H groups in total. The van der Waals surface area contributed by atoms with E-state index in [0.717, 1.165) is 35.9 Å². The minimum absolute atomic E-state index is 0.00269. The Morgan fingerprint density at radius 1 is 1.25 bits per heavy atom. The Morgan fingerprint density at radius 2 is 2.00 bits per heavy atom. The first-order chi connectivity index (χ1) is 9.67. The van der Waals surface area contributed by atoms with Crippen molar-refractivity contribution in [1.29, 1.82) is 0 Å². The minimum atomic E-state index is -0.224. The lowest BCUT2D eigenvalue weighted by atomic mass is 9.57. The molecular weight excluding hydrogens is 320 g/mol. The van der Waals surface area contributed by atoms with E-state index in [1.807, 2.05) is 18.2 Å². The van der Waals surface area contributed by atoms with Crippen molar-refractivity contribution in [1.82, 2.24) is 0 Å². The molecule has 0 radical (unpaired) electrons. The first-order valence-corrected chi connectivity index (χ1v) is 7.99. The number of ether oxygens (including phenoxy) is 2. The van der Waals surface area contributed by atoms with Crippen molar-refractivity contribution in [2.75, 3.05) is 7.11 Å². The molecule has 0 saturated heterocycles.